The fourth-order valence-electron chi connectivity index (χ4n) is 1.66. The minimum absolute atomic E-state index is 0.306. The van der Waals surface area contributed by atoms with E-state index in [1.165, 1.54) is 11.6 Å². The Morgan fingerprint density at radius 2 is 2.44 bits per heavy atom. The molecule has 0 amide bonds. The number of ether oxygens (including phenoxy) is 2. The van der Waals surface area contributed by atoms with Crippen molar-refractivity contribution in [1.29, 1.82) is 0 Å². The summed E-state index contributed by atoms with van der Waals surface area (Å²) in [6.07, 6.45) is 4.15. The maximum absolute atomic E-state index is 11.1. The summed E-state index contributed by atoms with van der Waals surface area (Å²) in [6.45, 7) is 2.94. The highest BCUT2D eigenvalue weighted by Gasteiger charge is 2.10. The third-order valence-corrected chi connectivity index (χ3v) is 2.41. The topological polar surface area (TPSA) is 35.5 Å². The van der Waals surface area contributed by atoms with Crippen molar-refractivity contribution in [1.82, 2.24) is 0 Å². The maximum atomic E-state index is 11.1. The average Bonchev–Trinajstić information content (AvgIpc) is 2.74. The normalized spacial score (nSPS) is 13.6. The molecule has 1 aromatic carbocycles. The van der Waals surface area contributed by atoms with E-state index in [0.717, 1.165) is 24.3 Å². The van der Waals surface area contributed by atoms with Gasteiger partial charge in [-0.2, -0.15) is 0 Å². The number of hydrogen-bond acceptors (Lipinski definition) is 3. The van der Waals surface area contributed by atoms with Gasteiger partial charge in [0.1, 0.15) is 5.75 Å². The second kappa shape index (κ2) is 4.84. The number of carbonyl (C=O) groups excluding carboxylic acids is 1. The van der Waals surface area contributed by atoms with Gasteiger partial charge in [-0.15, -0.1) is 0 Å². The molecule has 2 rings (SSSR count). The maximum Gasteiger partial charge on any atom is 0.330 e. The quantitative estimate of drug-likeness (QED) is 0.576. The van der Waals surface area contributed by atoms with E-state index in [9.17, 15) is 4.79 Å². The Morgan fingerprint density at radius 1 is 1.56 bits per heavy atom. The molecule has 0 bridgehead atoms. The molecule has 0 radical (unpaired) electrons. The molecule has 3 nitrogen and oxygen atoms in total. The van der Waals surface area contributed by atoms with Gasteiger partial charge in [0, 0.05) is 12.5 Å². The molecule has 1 aromatic rings. The number of fused-ring (bicyclic) bond motifs is 1. The predicted octanol–water partition coefficient (Wildman–Crippen LogP) is 2.20. The van der Waals surface area contributed by atoms with Gasteiger partial charge in [0.25, 0.3) is 0 Å². The molecule has 0 fully saturated rings. The highest BCUT2D eigenvalue weighted by Crippen LogP contribution is 2.26. The third kappa shape index (κ3) is 2.42. The largest absolute Gasteiger partial charge is 0.493 e. The zero-order valence-corrected chi connectivity index (χ0v) is 9.23. The van der Waals surface area contributed by atoms with Crippen molar-refractivity contribution in [2.75, 3.05) is 13.2 Å². The average molecular weight is 218 g/mol. The van der Waals surface area contributed by atoms with Gasteiger partial charge in [-0.25, -0.2) is 4.79 Å². The smallest absolute Gasteiger partial charge is 0.330 e. The fourth-order valence-corrected chi connectivity index (χ4v) is 1.66. The lowest BCUT2D eigenvalue weighted by molar-refractivity contribution is -0.137. The van der Waals surface area contributed by atoms with Crippen LogP contribution in [0.2, 0.25) is 0 Å². The first-order valence-electron chi connectivity index (χ1n) is 5.40. The Morgan fingerprint density at radius 3 is 3.25 bits per heavy atom. The number of hydrogen-bond donors (Lipinski definition) is 0. The Bertz CT molecular complexity index is 421. The number of benzene rings is 1. The first-order chi connectivity index (χ1) is 7.79. The molecular weight excluding hydrogens is 204 g/mol. The molecule has 0 saturated carbocycles. The van der Waals surface area contributed by atoms with Crippen molar-refractivity contribution in [2.24, 2.45) is 0 Å². The van der Waals surface area contributed by atoms with Crippen LogP contribution in [0.3, 0.4) is 0 Å². The number of carbonyl (C=O) groups is 1. The lowest BCUT2D eigenvalue weighted by atomic mass is 10.1. The monoisotopic (exact) mass is 218 g/mol. The molecular formula is C13H14O3. The summed E-state index contributed by atoms with van der Waals surface area (Å²) >= 11 is 0. The zero-order chi connectivity index (χ0) is 11.4. The van der Waals surface area contributed by atoms with Gasteiger partial charge in [0.05, 0.1) is 13.2 Å². The lowest BCUT2D eigenvalue weighted by Gasteiger charge is -1.99. The van der Waals surface area contributed by atoms with Crippen molar-refractivity contribution in [2.45, 2.75) is 13.3 Å². The van der Waals surface area contributed by atoms with E-state index >= 15 is 0 Å². The summed E-state index contributed by atoms with van der Waals surface area (Å²) in [5, 5.41) is 0. The van der Waals surface area contributed by atoms with E-state index in [1.807, 2.05) is 18.2 Å². The Kier molecular flexibility index (Phi) is 3.25. The van der Waals surface area contributed by atoms with Crippen LogP contribution in [0.25, 0.3) is 6.08 Å². The van der Waals surface area contributed by atoms with E-state index in [2.05, 4.69) is 0 Å². The molecule has 0 saturated heterocycles. The van der Waals surface area contributed by atoms with E-state index in [-0.39, 0.29) is 5.97 Å². The summed E-state index contributed by atoms with van der Waals surface area (Å²) in [6, 6.07) is 5.91. The van der Waals surface area contributed by atoms with E-state index in [4.69, 9.17) is 9.47 Å². The summed E-state index contributed by atoms with van der Waals surface area (Å²) in [5.74, 6) is 0.646. The summed E-state index contributed by atoms with van der Waals surface area (Å²) in [5.41, 5.74) is 2.20. The van der Waals surface area contributed by atoms with E-state index in [1.54, 1.807) is 13.0 Å². The van der Waals surface area contributed by atoms with Crippen molar-refractivity contribution < 1.29 is 14.3 Å². The van der Waals surface area contributed by atoms with Crippen LogP contribution in [0.4, 0.5) is 0 Å². The fraction of sp³-hybridized carbons (Fsp3) is 0.308. The second-order valence-electron chi connectivity index (χ2n) is 3.55. The minimum Gasteiger partial charge on any atom is -0.493 e. The van der Waals surface area contributed by atoms with Crippen LogP contribution in [-0.2, 0) is 16.0 Å². The van der Waals surface area contributed by atoms with Gasteiger partial charge in [-0.3, -0.25) is 0 Å². The molecule has 16 heavy (non-hydrogen) atoms. The summed E-state index contributed by atoms with van der Waals surface area (Å²) in [7, 11) is 0. The molecule has 0 unspecified atom stereocenters. The molecule has 0 spiro atoms. The number of rotatable bonds is 3. The highest BCUT2D eigenvalue weighted by molar-refractivity contribution is 5.87. The van der Waals surface area contributed by atoms with Crippen LogP contribution in [0.5, 0.6) is 5.75 Å². The molecule has 1 heterocycles. The van der Waals surface area contributed by atoms with Gasteiger partial charge in [0.2, 0.25) is 0 Å². The first kappa shape index (κ1) is 10.7. The molecule has 0 aliphatic carbocycles. The molecule has 3 heteroatoms. The Labute approximate surface area is 94.7 Å². The van der Waals surface area contributed by atoms with Crippen molar-refractivity contribution in [3.63, 3.8) is 0 Å². The van der Waals surface area contributed by atoms with Crippen LogP contribution in [-0.4, -0.2) is 19.2 Å². The van der Waals surface area contributed by atoms with Gasteiger partial charge in [-0.05, 0) is 36.3 Å². The first-order valence-corrected chi connectivity index (χ1v) is 5.40. The van der Waals surface area contributed by atoms with Crippen LogP contribution < -0.4 is 4.74 Å². The molecule has 1 aliphatic heterocycles. The van der Waals surface area contributed by atoms with Crippen molar-refractivity contribution in [3.05, 3.63) is 35.4 Å². The zero-order valence-electron chi connectivity index (χ0n) is 9.23. The predicted molar refractivity (Wildman–Crippen MR) is 61.3 cm³/mol. The number of esters is 1. The van der Waals surface area contributed by atoms with Gasteiger partial charge in [-0.1, -0.05) is 6.07 Å². The lowest BCUT2D eigenvalue weighted by Crippen LogP contribution is -1.98. The Balaban J connectivity index is 2.08. The van der Waals surface area contributed by atoms with Crippen LogP contribution in [0.1, 0.15) is 18.1 Å². The minimum atomic E-state index is -0.306. The van der Waals surface area contributed by atoms with E-state index in [0.29, 0.717) is 6.61 Å². The molecule has 84 valence electrons. The highest BCUT2D eigenvalue weighted by atomic mass is 16.5. The SMILES string of the molecule is CCOC(=O)/C=C\c1ccc2c(c1)CCO2. The molecule has 1 aliphatic rings. The standard InChI is InChI=1S/C13H14O3/c1-2-15-13(14)6-4-10-3-5-12-11(9-10)7-8-16-12/h3-6,9H,2,7-8H2,1H3/b6-4-. The second-order valence-corrected chi connectivity index (χ2v) is 3.55. The van der Waals surface area contributed by atoms with Crippen LogP contribution in [0.15, 0.2) is 24.3 Å². The molecule has 0 atom stereocenters. The molecule has 0 aromatic heterocycles. The van der Waals surface area contributed by atoms with Gasteiger partial charge in [0.15, 0.2) is 0 Å². The van der Waals surface area contributed by atoms with Crippen molar-refractivity contribution >= 4 is 12.0 Å². The van der Waals surface area contributed by atoms with Gasteiger partial charge >= 0.3 is 5.97 Å². The summed E-state index contributed by atoms with van der Waals surface area (Å²) < 4.78 is 10.2. The Hall–Kier alpha value is -1.77. The van der Waals surface area contributed by atoms with Crippen LogP contribution >= 0.6 is 0 Å². The van der Waals surface area contributed by atoms with Crippen LogP contribution in [0, 0.1) is 0 Å². The van der Waals surface area contributed by atoms with Crippen molar-refractivity contribution in [3.8, 4) is 5.75 Å². The summed E-state index contributed by atoms with van der Waals surface area (Å²) in [4.78, 5) is 11.1. The van der Waals surface area contributed by atoms with Gasteiger partial charge < -0.3 is 9.47 Å². The third-order valence-electron chi connectivity index (χ3n) is 2.41. The molecule has 0 N–H and O–H groups in total. The van der Waals surface area contributed by atoms with E-state index < -0.39 is 0 Å².